The minimum Gasteiger partial charge on any atom is -0.354 e. The number of rotatable bonds is 14. The largest absolute Gasteiger partial charge is 0.354 e. The van der Waals surface area contributed by atoms with Gasteiger partial charge in [-0.1, -0.05) is 113 Å². The molecule has 4 aromatic carbocycles. The van der Waals surface area contributed by atoms with Crippen LogP contribution in [-0.4, -0.2) is 44.3 Å². The van der Waals surface area contributed by atoms with Crippen LogP contribution in [0.1, 0.15) is 36.5 Å². The van der Waals surface area contributed by atoms with E-state index >= 15 is 0 Å². The molecule has 0 aromatic heterocycles. The van der Waals surface area contributed by atoms with Gasteiger partial charge in [-0.15, -0.1) is 0 Å². The molecule has 4 rings (SSSR count). The van der Waals surface area contributed by atoms with Gasteiger partial charge in [-0.2, -0.15) is 0 Å². The molecule has 2 amide bonds. The first-order valence-electron chi connectivity index (χ1n) is 14.9. The average Bonchev–Trinajstić information content (AvgIpc) is 3.02. The van der Waals surface area contributed by atoms with Gasteiger partial charge in [0.1, 0.15) is 12.6 Å². The van der Waals surface area contributed by atoms with Crippen LogP contribution in [0.15, 0.2) is 106 Å². The van der Waals surface area contributed by atoms with Gasteiger partial charge in [0.05, 0.1) is 10.6 Å². The van der Waals surface area contributed by atoms with Crippen LogP contribution in [0.4, 0.5) is 5.69 Å². The van der Waals surface area contributed by atoms with Crippen LogP contribution in [0, 0.1) is 6.92 Å². The monoisotopic (exact) mass is 743 g/mol. The summed E-state index contributed by atoms with van der Waals surface area (Å²) in [5, 5.41) is 3.41. The third-order valence-corrected chi connectivity index (χ3v) is 10.1. The molecular weight excluding hydrogens is 709 g/mol. The highest BCUT2D eigenvalue weighted by Gasteiger charge is 2.34. The molecule has 0 saturated heterocycles. The topological polar surface area (TPSA) is 86.8 Å². The van der Waals surface area contributed by atoms with Crippen molar-refractivity contribution in [2.24, 2.45) is 0 Å². The molecule has 0 aliphatic carbocycles. The number of anilines is 1. The summed E-state index contributed by atoms with van der Waals surface area (Å²) in [6.07, 6.45) is 1.90. The molecular formula is C35H36BrCl2N3O4S. The number of benzene rings is 4. The minimum absolute atomic E-state index is 0.000369. The third kappa shape index (κ3) is 9.58. The molecule has 242 valence electrons. The Morgan fingerprint density at radius 2 is 1.50 bits per heavy atom. The zero-order valence-electron chi connectivity index (χ0n) is 25.6. The molecule has 0 spiro atoms. The summed E-state index contributed by atoms with van der Waals surface area (Å²) in [6, 6.07) is 26.7. The van der Waals surface area contributed by atoms with E-state index in [0.29, 0.717) is 6.54 Å². The number of hydrogen-bond donors (Lipinski definition) is 1. The van der Waals surface area contributed by atoms with Crippen LogP contribution in [0.3, 0.4) is 0 Å². The van der Waals surface area contributed by atoms with E-state index in [1.807, 2.05) is 68.4 Å². The second-order valence-electron chi connectivity index (χ2n) is 11.0. The molecule has 0 aliphatic rings. The lowest BCUT2D eigenvalue weighted by Crippen LogP contribution is -2.53. The fraction of sp³-hybridized carbons (Fsp3) is 0.257. The highest BCUT2D eigenvalue weighted by atomic mass is 79.9. The maximum absolute atomic E-state index is 14.5. The van der Waals surface area contributed by atoms with Crippen LogP contribution < -0.4 is 9.62 Å². The molecule has 0 bridgehead atoms. The molecule has 11 heteroatoms. The number of carbonyl (C=O) groups is 2. The van der Waals surface area contributed by atoms with E-state index in [1.165, 1.54) is 35.2 Å². The van der Waals surface area contributed by atoms with Gasteiger partial charge in [0.15, 0.2) is 0 Å². The van der Waals surface area contributed by atoms with Crippen molar-refractivity contribution in [1.82, 2.24) is 10.2 Å². The smallest absolute Gasteiger partial charge is 0.264 e. The van der Waals surface area contributed by atoms with E-state index in [1.54, 1.807) is 12.1 Å². The number of carbonyl (C=O) groups excluding carboxylic acids is 2. The van der Waals surface area contributed by atoms with Crippen LogP contribution in [0.2, 0.25) is 10.0 Å². The zero-order chi connectivity index (χ0) is 33.3. The molecule has 0 aliphatic heterocycles. The van der Waals surface area contributed by atoms with Gasteiger partial charge in [0.25, 0.3) is 10.0 Å². The van der Waals surface area contributed by atoms with E-state index in [4.69, 9.17) is 23.2 Å². The number of amides is 2. The van der Waals surface area contributed by atoms with Crippen molar-refractivity contribution in [1.29, 1.82) is 0 Å². The number of hydrogen-bond acceptors (Lipinski definition) is 4. The summed E-state index contributed by atoms with van der Waals surface area (Å²) in [4.78, 5) is 29.8. The van der Waals surface area contributed by atoms with Gasteiger partial charge >= 0.3 is 0 Å². The normalized spacial score (nSPS) is 11.9. The average molecular weight is 746 g/mol. The maximum Gasteiger partial charge on any atom is 0.264 e. The van der Waals surface area contributed by atoms with Gasteiger partial charge < -0.3 is 10.2 Å². The second kappa shape index (κ2) is 16.5. The van der Waals surface area contributed by atoms with Crippen LogP contribution in [0.5, 0.6) is 0 Å². The Bertz CT molecular complexity index is 1720. The number of nitrogens with zero attached hydrogens (tertiary/aromatic N) is 2. The lowest BCUT2D eigenvalue weighted by Gasteiger charge is -2.34. The molecule has 7 nitrogen and oxygen atoms in total. The zero-order valence-corrected chi connectivity index (χ0v) is 29.5. The van der Waals surface area contributed by atoms with Crippen molar-refractivity contribution < 1.29 is 18.0 Å². The van der Waals surface area contributed by atoms with E-state index in [0.717, 1.165) is 38.3 Å². The quantitative estimate of drug-likeness (QED) is 0.134. The summed E-state index contributed by atoms with van der Waals surface area (Å²) in [7, 11) is -4.27. The fourth-order valence-electron chi connectivity index (χ4n) is 4.90. The Kier molecular flexibility index (Phi) is 12.7. The molecule has 1 N–H and O–H groups in total. The second-order valence-corrected chi connectivity index (χ2v) is 14.6. The van der Waals surface area contributed by atoms with E-state index in [2.05, 4.69) is 21.2 Å². The van der Waals surface area contributed by atoms with E-state index < -0.39 is 28.5 Å². The number of unbranched alkanes of at least 4 members (excludes halogenated alkanes) is 1. The highest BCUT2D eigenvalue weighted by molar-refractivity contribution is 9.10. The molecule has 0 saturated carbocycles. The van der Waals surface area contributed by atoms with Gasteiger partial charge in [0, 0.05) is 34.0 Å². The van der Waals surface area contributed by atoms with Crippen molar-refractivity contribution in [3.8, 4) is 0 Å². The third-order valence-electron chi connectivity index (χ3n) is 7.39. The Morgan fingerprint density at radius 1 is 0.870 bits per heavy atom. The number of aryl methyl sites for hydroxylation is 1. The van der Waals surface area contributed by atoms with Crippen LogP contribution in [-0.2, 0) is 32.6 Å². The van der Waals surface area contributed by atoms with Crippen molar-refractivity contribution in [3.63, 3.8) is 0 Å². The summed E-state index contributed by atoms with van der Waals surface area (Å²) < 4.78 is 30.2. The van der Waals surface area contributed by atoms with Gasteiger partial charge in [-0.25, -0.2) is 8.42 Å². The number of sulfonamides is 1. The molecule has 4 aromatic rings. The standard InChI is InChI=1S/C35H36BrCl2N3O4S/c1-3-4-18-39-35(43)33(19-26-8-6-5-7-9-26)40(23-27-12-14-28(36)15-13-27)34(42)24-41(31-21-29(37)20-30(38)22-31)46(44,45)32-16-10-25(2)11-17-32/h5-17,20-22,33H,3-4,18-19,23-24H2,1-2H3,(H,39,43)/t33-/m1/s1. The van der Waals surface area contributed by atoms with Gasteiger partial charge in [0.2, 0.25) is 11.8 Å². The molecule has 0 fully saturated rings. The highest BCUT2D eigenvalue weighted by Crippen LogP contribution is 2.30. The van der Waals surface area contributed by atoms with Crippen LogP contribution >= 0.6 is 39.1 Å². The van der Waals surface area contributed by atoms with Crippen molar-refractivity contribution in [2.75, 3.05) is 17.4 Å². The summed E-state index contributed by atoms with van der Waals surface area (Å²) in [6.45, 7) is 3.81. The number of halogens is 3. The Hall–Kier alpha value is -3.37. The minimum atomic E-state index is -4.27. The molecule has 0 unspecified atom stereocenters. The lowest BCUT2D eigenvalue weighted by atomic mass is 10.0. The SMILES string of the molecule is CCCCNC(=O)[C@@H](Cc1ccccc1)N(Cc1ccc(Br)cc1)C(=O)CN(c1cc(Cl)cc(Cl)c1)S(=O)(=O)c1ccc(C)cc1. The van der Waals surface area contributed by atoms with Crippen molar-refractivity contribution >= 4 is 66.7 Å². The van der Waals surface area contributed by atoms with Crippen LogP contribution in [0.25, 0.3) is 0 Å². The predicted molar refractivity (Wildman–Crippen MR) is 189 cm³/mol. The Morgan fingerprint density at radius 3 is 2.11 bits per heavy atom. The fourth-order valence-corrected chi connectivity index (χ4v) is 7.07. The molecule has 0 heterocycles. The van der Waals surface area contributed by atoms with Gasteiger partial charge in [-0.3, -0.25) is 13.9 Å². The molecule has 46 heavy (non-hydrogen) atoms. The predicted octanol–water partition coefficient (Wildman–Crippen LogP) is 7.82. The first-order chi connectivity index (χ1) is 22.0. The summed E-state index contributed by atoms with van der Waals surface area (Å²) in [5.74, 6) is -0.886. The van der Waals surface area contributed by atoms with E-state index in [-0.39, 0.29) is 39.5 Å². The molecule has 0 radical (unpaired) electrons. The number of nitrogens with one attached hydrogen (secondary N) is 1. The summed E-state index contributed by atoms with van der Waals surface area (Å²) in [5.41, 5.74) is 2.64. The first-order valence-corrected chi connectivity index (χ1v) is 17.9. The Labute approximate surface area is 289 Å². The van der Waals surface area contributed by atoms with Gasteiger partial charge in [-0.05, 0) is 66.9 Å². The van der Waals surface area contributed by atoms with Crippen molar-refractivity contribution in [2.45, 2.75) is 50.6 Å². The summed E-state index contributed by atoms with van der Waals surface area (Å²) >= 11 is 16.1. The molecule has 1 atom stereocenters. The van der Waals surface area contributed by atoms with Crippen molar-refractivity contribution in [3.05, 3.63) is 128 Å². The lowest BCUT2D eigenvalue weighted by molar-refractivity contribution is -0.140. The first kappa shape index (κ1) is 35.5. The Balaban J connectivity index is 1.81. The maximum atomic E-state index is 14.5. The van der Waals surface area contributed by atoms with E-state index in [9.17, 15) is 18.0 Å².